The van der Waals surface area contributed by atoms with Gasteiger partial charge in [0.25, 0.3) is 0 Å². The van der Waals surface area contributed by atoms with Crippen LogP contribution in [0.15, 0.2) is 23.0 Å². The molecular formula is C14H18N2OS2. The molecule has 1 aliphatic carbocycles. The molecule has 2 aromatic heterocycles. The maximum atomic E-state index is 9.93. The monoisotopic (exact) mass is 294 g/mol. The molecule has 2 N–H and O–H groups in total. The number of aromatic nitrogens is 1. The fourth-order valence-electron chi connectivity index (χ4n) is 2.49. The fraction of sp³-hybridized carbons (Fsp3) is 0.500. The van der Waals surface area contributed by atoms with Crippen LogP contribution in [-0.2, 0) is 6.54 Å². The van der Waals surface area contributed by atoms with Crippen molar-refractivity contribution in [1.29, 1.82) is 0 Å². The predicted octanol–water partition coefficient (Wildman–Crippen LogP) is 3.26. The summed E-state index contributed by atoms with van der Waals surface area (Å²) in [6, 6.07) is 2.35. The normalized spacial score (nSPS) is 23.6. The molecule has 2 heterocycles. The molecule has 2 aromatic rings. The third kappa shape index (κ3) is 3.23. The smallest absolute Gasteiger partial charge is 0.124 e. The van der Waals surface area contributed by atoms with Gasteiger partial charge in [0, 0.05) is 34.6 Å². The third-order valence-corrected chi connectivity index (χ3v) is 5.32. The van der Waals surface area contributed by atoms with Crippen molar-refractivity contribution in [3.63, 3.8) is 0 Å². The van der Waals surface area contributed by atoms with E-state index in [0.717, 1.165) is 30.8 Å². The summed E-state index contributed by atoms with van der Waals surface area (Å²) >= 11 is 3.43. The number of rotatable bonds is 4. The lowest BCUT2D eigenvalue weighted by atomic mass is 9.93. The number of aliphatic hydroxyl groups is 1. The van der Waals surface area contributed by atoms with E-state index in [1.54, 1.807) is 22.7 Å². The zero-order valence-electron chi connectivity index (χ0n) is 10.7. The lowest BCUT2D eigenvalue weighted by molar-refractivity contribution is 0.0904. The minimum atomic E-state index is -0.182. The molecule has 0 radical (unpaired) electrons. The summed E-state index contributed by atoms with van der Waals surface area (Å²) in [5, 5.41) is 18.7. The van der Waals surface area contributed by atoms with Gasteiger partial charge in [-0.25, -0.2) is 4.98 Å². The van der Waals surface area contributed by atoms with Crippen molar-refractivity contribution in [2.24, 2.45) is 0 Å². The van der Waals surface area contributed by atoms with Gasteiger partial charge in [-0.15, -0.1) is 11.3 Å². The van der Waals surface area contributed by atoms with Crippen LogP contribution in [0.5, 0.6) is 0 Å². The highest BCUT2D eigenvalue weighted by Gasteiger charge is 2.22. The Morgan fingerprint density at radius 2 is 2.26 bits per heavy atom. The minimum Gasteiger partial charge on any atom is -0.392 e. The molecule has 0 aliphatic heterocycles. The first-order chi connectivity index (χ1) is 9.33. The van der Waals surface area contributed by atoms with E-state index >= 15 is 0 Å². The molecule has 3 rings (SSSR count). The lowest BCUT2D eigenvalue weighted by Crippen LogP contribution is -2.41. The molecule has 2 unspecified atom stereocenters. The predicted molar refractivity (Wildman–Crippen MR) is 80.5 cm³/mol. The standard InChI is InChI=1S/C14H18N2OS2/c17-13-4-2-1-3-12(13)15-7-11-8-16-14(19-11)10-5-6-18-9-10/h5-6,8-9,12-13,15,17H,1-4,7H2. The Kier molecular flexibility index (Phi) is 4.28. The van der Waals surface area contributed by atoms with E-state index < -0.39 is 0 Å². The molecule has 2 atom stereocenters. The van der Waals surface area contributed by atoms with E-state index in [-0.39, 0.29) is 12.1 Å². The Balaban J connectivity index is 1.58. The molecule has 0 amide bonds. The highest BCUT2D eigenvalue weighted by atomic mass is 32.1. The molecule has 1 aliphatic rings. The fourth-order valence-corrected chi connectivity index (χ4v) is 4.06. The Hall–Kier alpha value is -0.750. The highest BCUT2D eigenvalue weighted by molar-refractivity contribution is 7.15. The van der Waals surface area contributed by atoms with Crippen LogP contribution in [-0.4, -0.2) is 22.2 Å². The first kappa shape index (κ1) is 13.2. The lowest BCUT2D eigenvalue weighted by Gasteiger charge is -2.28. The van der Waals surface area contributed by atoms with Gasteiger partial charge in [-0.2, -0.15) is 11.3 Å². The van der Waals surface area contributed by atoms with Crippen LogP contribution in [0, 0.1) is 0 Å². The molecule has 5 heteroatoms. The average molecular weight is 294 g/mol. The second-order valence-corrected chi connectivity index (χ2v) is 6.88. The Labute approximate surface area is 121 Å². The van der Waals surface area contributed by atoms with Gasteiger partial charge >= 0.3 is 0 Å². The second kappa shape index (κ2) is 6.13. The first-order valence-corrected chi connectivity index (χ1v) is 8.47. The van der Waals surface area contributed by atoms with Crippen molar-refractivity contribution < 1.29 is 5.11 Å². The van der Waals surface area contributed by atoms with Crippen LogP contribution in [0.4, 0.5) is 0 Å². The summed E-state index contributed by atoms with van der Waals surface area (Å²) in [4.78, 5) is 5.70. The van der Waals surface area contributed by atoms with Gasteiger partial charge in [-0.3, -0.25) is 0 Å². The molecule has 0 aromatic carbocycles. The van der Waals surface area contributed by atoms with Crippen molar-refractivity contribution in [3.05, 3.63) is 27.9 Å². The Morgan fingerprint density at radius 3 is 3.05 bits per heavy atom. The third-order valence-electron chi connectivity index (χ3n) is 3.59. The molecule has 0 bridgehead atoms. The van der Waals surface area contributed by atoms with Gasteiger partial charge in [0.1, 0.15) is 5.01 Å². The summed E-state index contributed by atoms with van der Waals surface area (Å²) in [6.45, 7) is 0.809. The van der Waals surface area contributed by atoms with Gasteiger partial charge in [-0.1, -0.05) is 12.8 Å². The minimum absolute atomic E-state index is 0.182. The van der Waals surface area contributed by atoms with Crippen molar-refractivity contribution in [3.8, 4) is 10.6 Å². The van der Waals surface area contributed by atoms with Crippen LogP contribution in [0.25, 0.3) is 10.6 Å². The summed E-state index contributed by atoms with van der Waals surface area (Å²) in [5.41, 5.74) is 1.21. The van der Waals surface area contributed by atoms with Crippen LogP contribution in [0.1, 0.15) is 30.6 Å². The number of nitrogens with one attached hydrogen (secondary N) is 1. The maximum Gasteiger partial charge on any atom is 0.124 e. The SMILES string of the molecule is OC1CCCCC1NCc1cnc(-c2ccsc2)s1. The Bertz CT molecular complexity index is 509. The van der Waals surface area contributed by atoms with Gasteiger partial charge < -0.3 is 10.4 Å². The van der Waals surface area contributed by atoms with Gasteiger partial charge in [-0.05, 0) is 24.3 Å². The van der Waals surface area contributed by atoms with Crippen LogP contribution in [0.3, 0.4) is 0 Å². The number of nitrogens with zero attached hydrogens (tertiary/aromatic N) is 1. The zero-order chi connectivity index (χ0) is 13.1. The first-order valence-electron chi connectivity index (χ1n) is 6.71. The average Bonchev–Trinajstić information content (AvgIpc) is 3.09. The van der Waals surface area contributed by atoms with Gasteiger partial charge in [0.2, 0.25) is 0 Å². The molecule has 1 saturated carbocycles. The number of thiazole rings is 1. The number of aliphatic hydroxyl groups excluding tert-OH is 1. The Morgan fingerprint density at radius 1 is 1.37 bits per heavy atom. The quantitative estimate of drug-likeness (QED) is 0.909. The van der Waals surface area contributed by atoms with Crippen LogP contribution < -0.4 is 5.32 Å². The molecule has 0 saturated heterocycles. The van der Waals surface area contributed by atoms with Gasteiger partial charge in [0.05, 0.1) is 6.10 Å². The second-order valence-electron chi connectivity index (χ2n) is 4.98. The number of hydrogen-bond donors (Lipinski definition) is 2. The molecular weight excluding hydrogens is 276 g/mol. The highest BCUT2D eigenvalue weighted by Crippen LogP contribution is 2.27. The summed E-state index contributed by atoms with van der Waals surface area (Å²) in [5.74, 6) is 0. The van der Waals surface area contributed by atoms with E-state index in [1.165, 1.54) is 16.9 Å². The molecule has 3 nitrogen and oxygen atoms in total. The van der Waals surface area contributed by atoms with E-state index in [0.29, 0.717) is 0 Å². The van der Waals surface area contributed by atoms with E-state index in [9.17, 15) is 5.11 Å². The molecule has 19 heavy (non-hydrogen) atoms. The van der Waals surface area contributed by atoms with E-state index in [2.05, 4.69) is 27.1 Å². The van der Waals surface area contributed by atoms with Gasteiger partial charge in [0.15, 0.2) is 0 Å². The van der Waals surface area contributed by atoms with Crippen molar-refractivity contribution >= 4 is 22.7 Å². The van der Waals surface area contributed by atoms with Crippen molar-refractivity contribution in [1.82, 2.24) is 10.3 Å². The summed E-state index contributed by atoms with van der Waals surface area (Å²) in [7, 11) is 0. The van der Waals surface area contributed by atoms with E-state index in [1.807, 2.05) is 6.20 Å². The number of hydrogen-bond acceptors (Lipinski definition) is 5. The molecule has 1 fully saturated rings. The number of thiophene rings is 1. The van der Waals surface area contributed by atoms with Crippen LogP contribution in [0.2, 0.25) is 0 Å². The van der Waals surface area contributed by atoms with Crippen molar-refractivity contribution in [2.75, 3.05) is 0 Å². The zero-order valence-corrected chi connectivity index (χ0v) is 12.3. The van der Waals surface area contributed by atoms with E-state index in [4.69, 9.17) is 0 Å². The molecule has 102 valence electrons. The maximum absolute atomic E-state index is 9.93. The summed E-state index contributed by atoms with van der Waals surface area (Å²) < 4.78 is 0. The largest absolute Gasteiger partial charge is 0.392 e. The van der Waals surface area contributed by atoms with Crippen molar-refractivity contribution in [2.45, 2.75) is 44.4 Å². The summed E-state index contributed by atoms with van der Waals surface area (Å²) in [6.07, 6.45) is 6.15. The topological polar surface area (TPSA) is 45.1 Å². The van der Waals surface area contributed by atoms with Crippen LogP contribution >= 0.6 is 22.7 Å². The molecule has 0 spiro atoms.